The highest BCUT2D eigenvalue weighted by atomic mass is 16.6. The molecular formula is C19H25N5O6. The first-order chi connectivity index (χ1) is 14.5. The Morgan fingerprint density at radius 2 is 1.77 bits per heavy atom. The Labute approximate surface area is 174 Å². The first kappa shape index (κ1) is 23.0. The third kappa shape index (κ3) is 6.09. The first-order valence-corrected chi connectivity index (χ1v) is 9.28. The second kappa shape index (κ2) is 11.6. The summed E-state index contributed by atoms with van der Waals surface area (Å²) in [6.45, 7) is 3.52. The quantitative estimate of drug-likeness (QED) is 0.311. The van der Waals surface area contributed by atoms with Gasteiger partial charge in [-0.05, 0) is 31.2 Å². The monoisotopic (exact) mass is 419 g/mol. The standard InChI is InChI=1S/C19H25N5O6/c1-4-30-19(25)14-5-7-15(8-6-14)22-17-16(24(26)27)18(21-13-20-17)23(9-11-28-2)10-12-29-3/h5-8,13H,4,9-12H2,1-3H3,(H,20,21,22). The van der Waals surface area contributed by atoms with Gasteiger partial charge in [-0.25, -0.2) is 14.8 Å². The molecule has 30 heavy (non-hydrogen) atoms. The molecule has 0 amide bonds. The van der Waals surface area contributed by atoms with Crippen LogP contribution in [0.2, 0.25) is 0 Å². The van der Waals surface area contributed by atoms with Gasteiger partial charge in [0.15, 0.2) is 0 Å². The Balaban J connectivity index is 2.33. The van der Waals surface area contributed by atoms with Gasteiger partial charge >= 0.3 is 11.7 Å². The number of benzene rings is 1. The number of hydrogen-bond donors (Lipinski definition) is 1. The zero-order valence-corrected chi connectivity index (χ0v) is 17.2. The van der Waals surface area contributed by atoms with Crippen LogP contribution in [-0.4, -0.2) is 68.0 Å². The van der Waals surface area contributed by atoms with E-state index < -0.39 is 10.9 Å². The van der Waals surface area contributed by atoms with E-state index in [4.69, 9.17) is 14.2 Å². The molecular weight excluding hydrogens is 394 g/mol. The van der Waals surface area contributed by atoms with E-state index in [-0.39, 0.29) is 23.9 Å². The smallest absolute Gasteiger partial charge is 0.353 e. The van der Waals surface area contributed by atoms with Crippen LogP contribution in [0.25, 0.3) is 0 Å². The number of aromatic nitrogens is 2. The van der Waals surface area contributed by atoms with Crippen LogP contribution in [0.5, 0.6) is 0 Å². The second-order valence-corrected chi connectivity index (χ2v) is 6.05. The van der Waals surface area contributed by atoms with Crippen LogP contribution in [0, 0.1) is 10.1 Å². The third-order valence-electron chi connectivity index (χ3n) is 4.07. The van der Waals surface area contributed by atoms with E-state index in [9.17, 15) is 14.9 Å². The summed E-state index contributed by atoms with van der Waals surface area (Å²) in [6, 6.07) is 6.37. The van der Waals surface area contributed by atoms with E-state index in [0.717, 1.165) is 0 Å². The van der Waals surface area contributed by atoms with Crippen LogP contribution in [-0.2, 0) is 14.2 Å². The first-order valence-electron chi connectivity index (χ1n) is 9.28. The van der Waals surface area contributed by atoms with E-state index in [2.05, 4.69) is 15.3 Å². The highest BCUT2D eigenvalue weighted by molar-refractivity contribution is 5.90. The van der Waals surface area contributed by atoms with Gasteiger partial charge in [0.2, 0.25) is 11.6 Å². The molecule has 1 aromatic heterocycles. The van der Waals surface area contributed by atoms with Crippen molar-refractivity contribution in [3.8, 4) is 0 Å². The topological polar surface area (TPSA) is 129 Å². The average molecular weight is 419 g/mol. The lowest BCUT2D eigenvalue weighted by Crippen LogP contribution is -2.32. The Morgan fingerprint density at radius 1 is 1.13 bits per heavy atom. The molecule has 0 bridgehead atoms. The fraction of sp³-hybridized carbons (Fsp3) is 0.421. The zero-order chi connectivity index (χ0) is 21.9. The maximum Gasteiger partial charge on any atom is 0.353 e. The largest absolute Gasteiger partial charge is 0.462 e. The summed E-state index contributed by atoms with van der Waals surface area (Å²) in [5.74, 6) is -0.241. The normalized spacial score (nSPS) is 10.5. The molecule has 0 radical (unpaired) electrons. The molecule has 1 aromatic carbocycles. The molecule has 0 aliphatic rings. The molecule has 0 unspecified atom stereocenters. The van der Waals surface area contributed by atoms with Crippen LogP contribution in [0.15, 0.2) is 30.6 Å². The number of nitrogens with one attached hydrogen (secondary N) is 1. The van der Waals surface area contributed by atoms with E-state index in [0.29, 0.717) is 37.6 Å². The summed E-state index contributed by atoms with van der Waals surface area (Å²) in [7, 11) is 3.10. The van der Waals surface area contributed by atoms with Gasteiger partial charge in [0, 0.05) is 33.0 Å². The number of nitrogens with zero attached hydrogens (tertiary/aromatic N) is 4. The van der Waals surface area contributed by atoms with Crippen molar-refractivity contribution in [3.63, 3.8) is 0 Å². The van der Waals surface area contributed by atoms with Gasteiger partial charge in [-0.3, -0.25) is 10.1 Å². The summed E-state index contributed by atoms with van der Waals surface area (Å²) in [6.07, 6.45) is 1.25. The summed E-state index contributed by atoms with van der Waals surface area (Å²) in [4.78, 5) is 33.0. The number of hydrogen-bond acceptors (Lipinski definition) is 10. The van der Waals surface area contributed by atoms with E-state index in [1.807, 2.05) is 0 Å². The number of anilines is 3. The molecule has 0 aliphatic heterocycles. The lowest BCUT2D eigenvalue weighted by molar-refractivity contribution is -0.383. The average Bonchev–Trinajstić information content (AvgIpc) is 2.74. The molecule has 0 aliphatic carbocycles. The zero-order valence-electron chi connectivity index (χ0n) is 17.2. The molecule has 11 heteroatoms. The molecule has 0 saturated carbocycles. The van der Waals surface area contributed by atoms with Crippen molar-refractivity contribution in [3.05, 3.63) is 46.3 Å². The molecule has 0 fully saturated rings. The highest BCUT2D eigenvalue weighted by Gasteiger charge is 2.27. The lowest BCUT2D eigenvalue weighted by Gasteiger charge is -2.23. The van der Waals surface area contributed by atoms with Gasteiger partial charge in [0.25, 0.3) is 0 Å². The summed E-state index contributed by atoms with van der Waals surface area (Å²) >= 11 is 0. The van der Waals surface area contributed by atoms with Crippen LogP contribution >= 0.6 is 0 Å². The molecule has 11 nitrogen and oxygen atoms in total. The van der Waals surface area contributed by atoms with Crippen LogP contribution < -0.4 is 10.2 Å². The lowest BCUT2D eigenvalue weighted by atomic mass is 10.2. The maximum atomic E-state index is 11.8. The number of esters is 1. The molecule has 2 rings (SSSR count). The van der Waals surface area contributed by atoms with Crippen LogP contribution in [0.4, 0.5) is 23.0 Å². The number of ether oxygens (including phenoxy) is 3. The maximum absolute atomic E-state index is 11.8. The van der Waals surface area contributed by atoms with Crippen molar-refractivity contribution in [1.82, 2.24) is 9.97 Å². The van der Waals surface area contributed by atoms with E-state index >= 15 is 0 Å². The summed E-state index contributed by atoms with van der Waals surface area (Å²) in [5.41, 5.74) is 0.640. The molecule has 0 saturated heterocycles. The number of methoxy groups -OCH3 is 2. The van der Waals surface area contributed by atoms with Gasteiger partial charge in [-0.2, -0.15) is 0 Å². The molecule has 0 spiro atoms. The van der Waals surface area contributed by atoms with E-state index in [1.54, 1.807) is 50.3 Å². The molecule has 0 atom stereocenters. The summed E-state index contributed by atoms with van der Waals surface area (Å²) in [5, 5.41) is 14.8. The van der Waals surface area contributed by atoms with Crippen molar-refractivity contribution in [2.45, 2.75) is 6.92 Å². The van der Waals surface area contributed by atoms with Gasteiger partial charge < -0.3 is 24.4 Å². The predicted octanol–water partition coefficient (Wildman–Crippen LogP) is 2.40. The minimum Gasteiger partial charge on any atom is -0.462 e. The Bertz CT molecular complexity index is 838. The molecule has 1 heterocycles. The fourth-order valence-electron chi connectivity index (χ4n) is 2.63. The van der Waals surface area contributed by atoms with Crippen molar-refractivity contribution in [1.29, 1.82) is 0 Å². The van der Waals surface area contributed by atoms with Crippen molar-refractivity contribution in [2.75, 3.05) is 57.3 Å². The second-order valence-electron chi connectivity index (χ2n) is 6.05. The minimum absolute atomic E-state index is 0.0359. The van der Waals surface area contributed by atoms with Crippen LogP contribution in [0.1, 0.15) is 17.3 Å². The predicted molar refractivity (Wildman–Crippen MR) is 110 cm³/mol. The number of rotatable bonds is 12. The third-order valence-corrected chi connectivity index (χ3v) is 4.07. The molecule has 162 valence electrons. The van der Waals surface area contributed by atoms with Gasteiger partial charge in [0.1, 0.15) is 6.33 Å². The van der Waals surface area contributed by atoms with Crippen molar-refractivity contribution in [2.24, 2.45) is 0 Å². The number of carbonyl (C=O) groups excluding carboxylic acids is 1. The van der Waals surface area contributed by atoms with Crippen molar-refractivity contribution >= 4 is 29.0 Å². The van der Waals surface area contributed by atoms with Gasteiger partial charge in [-0.15, -0.1) is 0 Å². The van der Waals surface area contributed by atoms with E-state index in [1.165, 1.54) is 6.33 Å². The van der Waals surface area contributed by atoms with Gasteiger partial charge in [0.05, 0.1) is 30.3 Å². The fourth-order valence-corrected chi connectivity index (χ4v) is 2.63. The number of nitro groups is 1. The van der Waals surface area contributed by atoms with Crippen LogP contribution in [0.3, 0.4) is 0 Å². The van der Waals surface area contributed by atoms with Gasteiger partial charge in [-0.1, -0.05) is 0 Å². The Hall–Kier alpha value is -3.31. The Kier molecular flexibility index (Phi) is 8.91. The molecule has 1 N–H and O–H groups in total. The highest BCUT2D eigenvalue weighted by Crippen LogP contribution is 2.33. The van der Waals surface area contributed by atoms with Crippen molar-refractivity contribution < 1.29 is 23.9 Å². The SMILES string of the molecule is CCOC(=O)c1ccc(Nc2ncnc(N(CCOC)CCOC)c2[N+](=O)[O-])cc1. The summed E-state index contributed by atoms with van der Waals surface area (Å²) < 4.78 is 15.1. The Morgan fingerprint density at radius 3 is 2.30 bits per heavy atom. The molecule has 2 aromatic rings. The minimum atomic E-state index is -0.531. The number of carbonyl (C=O) groups is 1.